The molecule has 2 atom stereocenters. The highest BCUT2D eigenvalue weighted by molar-refractivity contribution is 6.31. The van der Waals surface area contributed by atoms with Crippen LogP contribution in [-0.4, -0.2) is 67.1 Å². The summed E-state index contributed by atoms with van der Waals surface area (Å²) in [5.41, 5.74) is 1.19. The molecule has 1 saturated heterocycles. The molecule has 1 fully saturated rings. The molecule has 1 aromatic heterocycles. The zero-order valence-corrected chi connectivity index (χ0v) is 20.3. The number of cyclic esters (lactones) is 1. The normalized spacial score (nSPS) is 17.2. The van der Waals surface area contributed by atoms with Gasteiger partial charge in [-0.3, -0.25) is 9.69 Å². The van der Waals surface area contributed by atoms with Crippen LogP contribution in [0.3, 0.4) is 0 Å². The first-order valence-corrected chi connectivity index (χ1v) is 11.4. The van der Waals surface area contributed by atoms with E-state index in [2.05, 4.69) is 15.3 Å². The van der Waals surface area contributed by atoms with Crippen molar-refractivity contribution in [3.63, 3.8) is 0 Å². The van der Waals surface area contributed by atoms with Crippen molar-refractivity contribution in [3.8, 4) is 11.5 Å². The second-order valence-electron chi connectivity index (χ2n) is 7.97. The van der Waals surface area contributed by atoms with E-state index in [4.69, 9.17) is 30.5 Å². The van der Waals surface area contributed by atoms with Gasteiger partial charge >= 0.3 is 5.97 Å². The van der Waals surface area contributed by atoms with Gasteiger partial charge in [-0.1, -0.05) is 18.5 Å². The van der Waals surface area contributed by atoms with E-state index in [0.29, 0.717) is 53.5 Å². The van der Waals surface area contributed by atoms with Gasteiger partial charge in [-0.15, -0.1) is 0 Å². The Morgan fingerprint density at radius 1 is 1.26 bits per heavy atom. The number of nitrogens with zero attached hydrogens (tertiary/aromatic N) is 3. The Labute approximate surface area is 207 Å². The summed E-state index contributed by atoms with van der Waals surface area (Å²) >= 11 is 5.92. The average Bonchev–Trinajstić information content (AvgIpc) is 2.84. The molecule has 4 rings (SSSR count). The summed E-state index contributed by atoms with van der Waals surface area (Å²) in [6.07, 6.45) is 1.24. The van der Waals surface area contributed by atoms with E-state index in [0.717, 1.165) is 0 Å². The van der Waals surface area contributed by atoms with Crippen LogP contribution in [0.2, 0.25) is 5.02 Å². The van der Waals surface area contributed by atoms with Crippen molar-refractivity contribution in [1.29, 1.82) is 0 Å². The van der Waals surface area contributed by atoms with Gasteiger partial charge in [0.15, 0.2) is 17.7 Å². The second-order valence-corrected chi connectivity index (χ2v) is 8.38. The van der Waals surface area contributed by atoms with Gasteiger partial charge in [-0.25, -0.2) is 14.4 Å². The molecule has 186 valence electrons. The van der Waals surface area contributed by atoms with Crippen molar-refractivity contribution in [3.05, 3.63) is 47.5 Å². The minimum Gasteiger partial charge on any atom is -0.493 e. The van der Waals surface area contributed by atoms with Crippen LogP contribution in [0.5, 0.6) is 11.5 Å². The van der Waals surface area contributed by atoms with Crippen LogP contribution < -0.4 is 14.8 Å². The number of rotatable bonds is 9. The fourth-order valence-electron chi connectivity index (χ4n) is 3.93. The largest absolute Gasteiger partial charge is 0.493 e. The first-order chi connectivity index (χ1) is 16.9. The van der Waals surface area contributed by atoms with Crippen LogP contribution >= 0.6 is 11.6 Å². The summed E-state index contributed by atoms with van der Waals surface area (Å²) in [5, 5.41) is 3.81. The number of ether oxygens (including phenoxy) is 4. The molecule has 0 aliphatic carbocycles. The van der Waals surface area contributed by atoms with Crippen molar-refractivity contribution < 1.29 is 28.1 Å². The Morgan fingerprint density at radius 2 is 2.09 bits per heavy atom. The van der Waals surface area contributed by atoms with Crippen LogP contribution in [0.4, 0.5) is 15.9 Å². The predicted molar refractivity (Wildman–Crippen MR) is 129 cm³/mol. The molecule has 0 bridgehead atoms. The molecule has 0 saturated carbocycles. The molecule has 1 aliphatic heterocycles. The van der Waals surface area contributed by atoms with Crippen LogP contribution in [-0.2, 0) is 14.3 Å². The number of halogens is 2. The van der Waals surface area contributed by atoms with E-state index in [9.17, 15) is 9.18 Å². The fraction of sp³-hybridized carbons (Fsp3) is 0.375. The number of aromatic nitrogens is 2. The van der Waals surface area contributed by atoms with E-state index >= 15 is 0 Å². The van der Waals surface area contributed by atoms with Gasteiger partial charge in [0.1, 0.15) is 24.1 Å². The Hall–Kier alpha value is -3.21. The Bertz CT molecular complexity index is 1210. The molecule has 1 aliphatic rings. The number of esters is 1. The number of benzene rings is 2. The van der Waals surface area contributed by atoms with Crippen LogP contribution in [0.25, 0.3) is 10.9 Å². The molecule has 1 N–H and O–H groups in total. The second kappa shape index (κ2) is 11.0. The minimum atomic E-state index is -0.509. The number of hydrogen-bond acceptors (Lipinski definition) is 9. The summed E-state index contributed by atoms with van der Waals surface area (Å²) in [6.45, 7) is 2.86. The van der Waals surface area contributed by atoms with E-state index < -0.39 is 12.0 Å². The highest BCUT2D eigenvalue weighted by Crippen LogP contribution is 2.36. The zero-order chi connectivity index (χ0) is 24.9. The lowest BCUT2D eigenvalue weighted by molar-refractivity contribution is -0.169. The molecule has 2 heterocycles. The SMILES string of the molecule is CCC(Oc1cc2c(Nc3ccc(F)c(Cl)c3)ncnc2cc1OC)N1CC(=O)OC(COC)C1. The van der Waals surface area contributed by atoms with Crippen molar-refractivity contribution in [1.82, 2.24) is 14.9 Å². The number of hydrogen-bond donors (Lipinski definition) is 1. The zero-order valence-electron chi connectivity index (χ0n) is 19.6. The van der Waals surface area contributed by atoms with Crippen molar-refractivity contribution >= 4 is 40.0 Å². The molecule has 0 radical (unpaired) electrons. The van der Waals surface area contributed by atoms with E-state index in [-0.39, 0.29) is 23.6 Å². The molecule has 2 aromatic carbocycles. The highest BCUT2D eigenvalue weighted by atomic mass is 35.5. The predicted octanol–water partition coefficient (Wildman–Crippen LogP) is 4.16. The maximum atomic E-state index is 13.6. The molecule has 2 unspecified atom stereocenters. The van der Waals surface area contributed by atoms with Gasteiger partial charge in [-0.05, 0) is 30.7 Å². The Balaban J connectivity index is 1.65. The first kappa shape index (κ1) is 24.9. The number of carbonyl (C=O) groups is 1. The van der Waals surface area contributed by atoms with E-state index in [1.165, 1.54) is 18.5 Å². The van der Waals surface area contributed by atoms with Gasteiger partial charge in [0.25, 0.3) is 0 Å². The third-order valence-electron chi connectivity index (χ3n) is 5.54. The topological polar surface area (TPSA) is 95.0 Å². The standard InChI is InChI=1S/C24H26ClFN4O5/c1-4-22(30-10-15(12-32-2)34-23(31)11-30)35-21-8-16-19(9-20(21)33-3)27-13-28-24(16)29-14-5-6-18(26)17(25)7-14/h5-9,13,15,22H,4,10-12H2,1-3H3,(H,27,28,29). The number of nitrogens with one attached hydrogen (secondary N) is 1. The van der Waals surface area contributed by atoms with Gasteiger partial charge in [0, 0.05) is 30.8 Å². The third kappa shape index (κ3) is 5.72. The molecular formula is C24H26ClFN4O5. The van der Waals surface area contributed by atoms with Gasteiger partial charge < -0.3 is 24.3 Å². The summed E-state index contributed by atoms with van der Waals surface area (Å²) in [5.74, 6) is 0.594. The van der Waals surface area contributed by atoms with Crippen LogP contribution in [0.15, 0.2) is 36.7 Å². The number of morpholine rings is 1. The van der Waals surface area contributed by atoms with Gasteiger partial charge in [-0.2, -0.15) is 0 Å². The first-order valence-electron chi connectivity index (χ1n) is 11.1. The van der Waals surface area contributed by atoms with Gasteiger partial charge in [0.2, 0.25) is 0 Å². The average molecular weight is 505 g/mol. The van der Waals surface area contributed by atoms with Gasteiger partial charge in [0.05, 0.1) is 30.8 Å². The summed E-state index contributed by atoms with van der Waals surface area (Å²) < 4.78 is 36.0. The highest BCUT2D eigenvalue weighted by Gasteiger charge is 2.32. The Morgan fingerprint density at radius 3 is 2.80 bits per heavy atom. The molecule has 0 spiro atoms. The Kier molecular flexibility index (Phi) is 7.84. The lowest BCUT2D eigenvalue weighted by Crippen LogP contribution is -2.52. The lowest BCUT2D eigenvalue weighted by atomic mass is 10.2. The number of methoxy groups -OCH3 is 2. The summed E-state index contributed by atoms with van der Waals surface area (Å²) in [6, 6.07) is 7.84. The van der Waals surface area contributed by atoms with Crippen molar-refractivity contribution in [2.24, 2.45) is 0 Å². The molecule has 35 heavy (non-hydrogen) atoms. The summed E-state index contributed by atoms with van der Waals surface area (Å²) in [7, 11) is 3.11. The third-order valence-corrected chi connectivity index (χ3v) is 5.83. The van der Waals surface area contributed by atoms with Crippen LogP contribution in [0, 0.1) is 5.82 Å². The van der Waals surface area contributed by atoms with Crippen LogP contribution in [0.1, 0.15) is 13.3 Å². The number of carbonyl (C=O) groups excluding carboxylic acids is 1. The van der Waals surface area contributed by atoms with E-state index in [1.807, 2.05) is 11.8 Å². The fourth-order valence-corrected chi connectivity index (χ4v) is 4.11. The van der Waals surface area contributed by atoms with Crippen molar-refractivity contribution in [2.75, 3.05) is 39.2 Å². The summed E-state index contributed by atoms with van der Waals surface area (Å²) in [4.78, 5) is 22.7. The molecular weight excluding hydrogens is 479 g/mol. The maximum absolute atomic E-state index is 13.6. The lowest BCUT2D eigenvalue weighted by Gasteiger charge is -2.36. The smallest absolute Gasteiger partial charge is 0.320 e. The maximum Gasteiger partial charge on any atom is 0.320 e. The number of anilines is 2. The molecule has 9 nitrogen and oxygen atoms in total. The molecule has 0 amide bonds. The van der Waals surface area contributed by atoms with Crippen molar-refractivity contribution in [2.45, 2.75) is 25.7 Å². The van der Waals surface area contributed by atoms with E-state index in [1.54, 1.807) is 32.4 Å². The molecule has 3 aromatic rings. The quantitative estimate of drug-likeness (QED) is 0.431. The monoisotopic (exact) mass is 504 g/mol. The number of fused-ring (bicyclic) bond motifs is 1. The molecule has 11 heteroatoms. The minimum absolute atomic E-state index is 0.00308.